The largest absolute Gasteiger partial charge is 2.00 e. The molecule has 0 fully saturated rings. The van der Waals surface area contributed by atoms with Gasteiger partial charge in [-0.3, -0.25) is 9.59 Å². The van der Waals surface area contributed by atoms with Crippen molar-refractivity contribution in [2.24, 2.45) is 0 Å². The molecular weight excluding hydrogens is 837 g/mol. The Hall–Kier alpha value is -0.500. The molecule has 0 aromatic rings. The third-order valence-electron chi connectivity index (χ3n) is 11.1. The molecule has 0 spiro atoms. The Morgan fingerprint density at radius 3 is 0.787 bits per heavy atom. The summed E-state index contributed by atoms with van der Waals surface area (Å²) in [5.74, 6) is -1.59. The molecule has 0 radical (unpaired) electrons. The van der Waals surface area contributed by atoms with Gasteiger partial charge in [-0.05, 0) is 37.8 Å². The van der Waals surface area contributed by atoms with Gasteiger partial charge < -0.3 is 18.9 Å². The van der Waals surface area contributed by atoms with Gasteiger partial charge >= 0.3 is 37.7 Å². The van der Waals surface area contributed by atoms with Crippen molar-refractivity contribution in [3.8, 4) is 0 Å². The predicted octanol–water partition coefficient (Wildman–Crippen LogP) is 12.0. The summed E-state index contributed by atoms with van der Waals surface area (Å²) < 4.78 is 63.5. The molecule has 0 heterocycles. The number of hydrogen-bond acceptors (Lipinski definition) is 8. The zero-order valence-corrected chi connectivity index (χ0v) is 43.7. The quantitative estimate of drug-likeness (QED) is 0.0254. The molecule has 0 aromatic heterocycles. The number of hydrogen-bond donors (Lipinski definition) is 0. The van der Waals surface area contributed by atoms with Crippen LogP contribution in [0.1, 0.15) is 232 Å². The van der Waals surface area contributed by atoms with Gasteiger partial charge in [-0.1, -0.05) is 219 Å². The fraction of sp³-hybridized carbons (Fsp3) is 0.875. The summed E-state index contributed by atoms with van der Waals surface area (Å²) in [5, 5.41) is 0. The first-order valence-corrected chi connectivity index (χ1v) is 27.6. The topological polar surface area (TPSA) is 155 Å². The second-order valence-electron chi connectivity index (χ2n) is 17.0. The average molecular weight is 929 g/mol. The summed E-state index contributed by atoms with van der Waals surface area (Å²) >= 11 is 0. The van der Waals surface area contributed by atoms with Crippen molar-refractivity contribution in [1.29, 1.82) is 0 Å². The minimum absolute atomic E-state index is 0. The van der Waals surface area contributed by atoms with Crippen LogP contribution in [0.25, 0.3) is 0 Å². The fourth-order valence-electron chi connectivity index (χ4n) is 6.96. The SMILES string of the molecule is CCCCCCCCCCCCCCCCCC/C=C/C(=O)N(C)CCS(=O)(=O)[O-].CCCCCCCCCCCCCCCCCC/C=C/C(=O)N(C)CCS(=O)(=O)[O-].[Ca+2]. The molecule has 10 nitrogen and oxygen atoms in total. The zero-order valence-electron chi connectivity index (χ0n) is 39.9. The second kappa shape index (κ2) is 47.5. The summed E-state index contributed by atoms with van der Waals surface area (Å²) in [6, 6.07) is 0. The molecule has 0 aliphatic rings. The molecule has 13 heteroatoms. The normalized spacial score (nSPS) is 11.8. The maximum absolute atomic E-state index is 11.8. The predicted molar refractivity (Wildman–Crippen MR) is 257 cm³/mol. The molecule has 356 valence electrons. The minimum Gasteiger partial charge on any atom is -0.748 e. The second-order valence-corrected chi connectivity index (χ2v) is 20.1. The van der Waals surface area contributed by atoms with Crippen molar-refractivity contribution >= 4 is 69.8 Å². The van der Waals surface area contributed by atoms with Crippen LogP contribution in [-0.4, -0.2) is 124 Å². The van der Waals surface area contributed by atoms with E-state index in [-0.39, 0.29) is 62.6 Å². The van der Waals surface area contributed by atoms with Crippen molar-refractivity contribution in [2.45, 2.75) is 232 Å². The van der Waals surface area contributed by atoms with Crippen molar-refractivity contribution in [2.75, 3.05) is 38.7 Å². The number of nitrogens with zero attached hydrogens (tertiary/aromatic N) is 2. The van der Waals surface area contributed by atoms with Gasteiger partial charge in [0.25, 0.3) is 0 Å². The maximum Gasteiger partial charge on any atom is 2.00 e. The van der Waals surface area contributed by atoms with Crippen LogP contribution in [0.15, 0.2) is 24.3 Å². The third-order valence-corrected chi connectivity index (χ3v) is 12.4. The molecule has 0 bridgehead atoms. The molecule has 0 rings (SSSR count). The Kier molecular flexibility index (Phi) is 50.4. The van der Waals surface area contributed by atoms with E-state index in [9.17, 15) is 35.5 Å². The van der Waals surface area contributed by atoms with Crippen LogP contribution in [0.3, 0.4) is 0 Å². The van der Waals surface area contributed by atoms with Crippen LogP contribution in [0.5, 0.6) is 0 Å². The molecule has 0 saturated heterocycles. The van der Waals surface area contributed by atoms with Gasteiger partial charge in [0.1, 0.15) is 0 Å². The molecular formula is C48H92CaN2O8S2. The number of carbonyl (C=O) groups is 2. The van der Waals surface area contributed by atoms with Gasteiger partial charge in [0.05, 0.1) is 31.7 Å². The first-order valence-electron chi connectivity index (χ1n) is 24.4. The van der Waals surface area contributed by atoms with Crippen LogP contribution in [-0.2, 0) is 29.8 Å². The number of carbonyl (C=O) groups excluding carboxylic acids is 2. The van der Waals surface area contributed by atoms with E-state index in [2.05, 4.69) is 13.8 Å². The summed E-state index contributed by atoms with van der Waals surface area (Å²) in [7, 11) is -5.54. The first kappa shape index (κ1) is 64.8. The van der Waals surface area contributed by atoms with Crippen LogP contribution in [0.4, 0.5) is 0 Å². The Bertz CT molecular complexity index is 1170. The van der Waals surface area contributed by atoms with E-state index in [1.807, 2.05) is 12.2 Å². The van der Waals surface area contributed by atoms with Gasteiger partial charge in [0, 0.05) is 27.2 Å². The number of likely N-dealkylation sites (N-methyl/N-ethyl adjacent to an activating group) is 2. The fourth-order valence-corrected chi connectivity index (χ4v) is 7.96. The minimum atomic E-state index is -4.27. The molecule has 0 aliphatic carbocycles. The van der Waals surface area contributed by atoms with E-state index in [1.54, 1.807) is 0 Å². The van der Waals surface area contributed by atoms with E-state index in [4.69, 9.17) is 0 Å². The van der Waals surface area contributed by atoms with Crippen molar-refractivity contribution in [1.82, 2.24) is 9.80 Å². The molecule has 2 amide bonds. The van der Waals surface area contributed by atoms with Crippen LogP contribution in [0.2, 0.25) is 0 Å². The van der Waals surface area contributed by atoms with Gasteiger partial charge in [0.2, 0.25) is 11.8 Å². The monoisotopic (exact) mass is 929 g/mol. The molecule has 0 atom stereocenters. The summed E-state index contributed by atoms with van der Waals surface area (Å²) in [5.41, 5.74) is 0. The summed E-state index contributed by atoms with van der Waals surface area (Å²) in [6.07, 6.45) is 51.3. The van der Waals surface area contributed by atoms with Crippen molar-refractivity contribution in [3.63, 3.8) is 0 Å². The van der Waals surface area contributed by atoms with Crippen LogP contribution >= 0.6 is 0 Å². The van der Waals surface area contributed by atoms with Gasteiger partial charge in [-0.25, -0.2) is 16.8 Å². The Morgan fingerprint density at radius 2 is 0.590 bits per heavy atom. The number of amides is 2. The Labute approximate surface area is 407 Å². The number of allylic oxidation sites excluding steroid dienone is 2. The van der Waals surface area contributed by atoms with E-state index in [0.717, 1.165) is 25.7 Å². The average Bonchev–Trinajstić information content (AvgIpc) is 3.20. The van der Waals surface area contributed by atoms with E-state index in [1.165, 1.54) is 229 Å². The van der Waals surface area contributed by atoms with E-state index >= 15 is 0 Å². The molecule has 0 aromatic carbocycles. The van der Waals surface area contributed by atoms with E-state index in [0.29, 0.717) is 0 Å². The molecule has 0 unspecified atom stereocenters. The maximum atomic E-state index is 11.8. The van der Waals surface area contributed by atoms with E-state index < -0.39 is 31.7 Å². The van der Waals surface area contributed by atoms with Crippen molar-refractivity contribution in [3.05, 3.63) is 24.3 Å². The van der Waals surface area contributed by atoms with Gasteiger partial charge in [0.15, 0.2) is 0 Å². The summed E-state index contributed by atoms with van der Waals surface area (Å²) in [4.78, 5) is 26.1. The molecule has 61 heavy (non-hydrogen) atoms. The Morgan fingerprint density at radius 1 is 0.393 bits per heavy atom. The number of unbranched alkanes of at least 4 members (excludes halogenated alkanes) is 32. The number of rotatable bonds is 42. The molecule has 0 N–H and O–H groups in total. The van der Waals surface area contributed by atoms with Gasteiger partial charge in [-0.15, -0.1) is 0 Å². The smallest absolute Gasteiger partial charge is 0.748 e. The third kappa shape index (κ3) is 55.6. The zero-order chi connectivity index (χ0) is 45.0. The van der Waals surface area contributed by atoms with Crippen molar-refractivity contribution < 1.29 is 35.5 Å². The molecule has 0 saturated carbocycles. The standard InChI is InChI=1S/2C24H47NO4S.Ca/c2*1-3-4-5-6-7-8-9-10-11-12-13-14-15-16-17-18-19-20-21-24(26)25(2)22-23-30(27,28)29;/h2*20-21H,3-19,22-23H2,1-2H3,(H,27,28,29);/q;;+2/p-2/b2*21-20+;. The molecule has 0 aliphatic heterocycles. The summed E-state index contributed by atoms with van der Waals surface area (Å²) in [6.45, 7) is 4.41. The van der Waals surface area contributed by atoms with Gasteiger partial charge in [-0.2, -0.15) is 0 Å². The van der Waals surface area contributed by atoms with Crippen LogP contribution < -0.4 is 0 Å². The Balaban J connectivity index is -0.00000109. The van der Waals surface area contributed by atoms with Crippen LogP contribution in [0, 0.1) is 0 Å². The first-order chi connectivity index (χ1) is 28.7.